The summed E-state index contributed by atoms with van der Waals surface area (Å²) in [7, 11) is 0. The van der Waals surface area contributed by atoms with E-state index < -0.39 is 5.60 Å². The molecule has 0 radical (unpaired) electrons. The number of ether oxygens (including phenoxy) is 1. The molecule has 2 aliphatic rings. The molecule has 1 aliphatic carbocycles. The van der Waals surface area contributed by atoms with Crippen molar-refractivity contribution in [2.45, 2.75) is 91.3 Å². The molecule has 1 saturated carbocycles. The van der Waals surface area contributed by atoms with Crippen LogP contribution in [-0.4, -0.2) is 41.8 Å². The van der Waals surface area contributed by atoms with Gasteiger partial charge in [-0.3, -0.25) is 0 Å². The van der Waals surface area contributed by atoms with Crippen LogP contribution in [0.4, 0.5) is 4.79 Å². The number of likely N-dealkylation sites (tertiary alicyclic amines) is 1. The van der Waals surface area contributed by atoms with Gasteiger partial charge in [-0.2, -0.15) is 0 Å². The van der Waals surface area contributed by atoms with Crippen molar-refractivity contribution in [3.8, 4) is 0 Å². The lowest BCUT2D eigenvalue weighted by molar-refractivity contribution is 0.00790. The fourth-order valence-electron chi connectivity index (χ4n) is 3.57. The Morgan fingerprint density at radius 1 is 1.35 bits per heavy atom. The zero-order valence-corrected chi connectivity index (χ0v) is 15.9. The van der Waals surface area contributed by atoms with Crippen LogP contribution in [0.25, 0.3) is 0 Å². The quantitative estimate of drug-likeness (QED) is 0.824. The summed E-state index contributed by atoms with van der Waals surface area (Å²) in [6.07, 6.45) is 5.62. The summed E-state index contributed by atoms with van der Waals surface area (Å²) >= 11 is 0. The van der Waals surface area contributed by atoms with E-state index in [4.69, 9.17) is 4.74 Å². The minimum Gasteiger partial charge on any atom is -0.444 e. The van der Waals surface area contributed by atoms with E-state index in [2.05, 4.69) is 26.1 Å². The molecule has 0 aromatic carbocycles. The first-order chi connectivity index (χ1) is 10.6. The smallest absolute Gasteiger partial charge is 0.410 e. The summed E-state index contributed by atoms with van der Waals surface area (Å²) in [6.45, 7) is 14.7. The van der Waals surface area contributed by atoms with Crippen molar-refractivity contribution < 1.29 is 9.53 Å². The second kappa shape index (κ2) is 7.00. The summed E-state index contributed by atoms with van der Waals surface area (Å²) < 4.78 is 5.59. The van der Waals surface area contributed by atoms with Gasteiger partial charge in [-0.05, 0) is 77.7 Å². The molecule has 2 fully saturated rings. The number of nitrogens with one attached hydrogen (secondary N) is 1. The lowest BCUT2D eigenvalue weighted by atomic mass is 9.96. The number of hydrogen-bond donors (Lipinski definition) is 1. The molecular formula is C19H36N2O2. The van der Waals surface area contributed by atoms with Crippen molar-refractivity contribution in [2.24, 2.45) is 11.3 Å². The molecule has 0 spiro atoms. The monoisotopic (exact) mass is 324 g/mol. The fraction of sp³-hybridized carbons (Fsp3) is 0.947. The van der Waals surface area contributed by atoms with E-state index >= 15 is 0 Å². The molecular weight excluding hydrogens is 288 g/mol. The third-order valence-corrected chi connectivity index (χ3v) is 5.31. The predicted octanol–water partition coefficient (Wildman–Crippen LogP) is 4.19. The topological polar surface area (TPSA) is 41.6 Å². The normalized spacial score (nSPS) is 28.3. The van der Waals surface area contributed by atoms with Crippen LogP contribution in [0.5, 0.6) is 0 Å². The summed E-state index contributed by atoms with van der Waals surface area (Å²) in [5.74, 6) is 0.818. The second-order valence-corrected chi connectivity index (χ2v) is 9.26. The fourth-order valence-corrected chi connectivity index (χ4v) is 3.57. The van der Waals surface area contributed by atoms with Crippen molar-refractivity contribution >= 4 is 6.09 Å². The summed E-state index contributed by atoms with van der Waals surface area (Å²) in [5, 5.41) is 3.68. The standard InChI is InChI=1S/C19H36N2O2/c1-14(20-13-15-12-19(15,5)6)11-16-9-7-8-10-21(16)17(22)23-18(2,3)4/h14-16,20H,7-13H2,1-6H3. The van der Waals surface area contributed by atoms with Gasteiger partial charge in [0, 0.05) is 18.6 Å². The van der Waals surface area contributed by atoms with Gasteiger partial charge in [0.1, 0.15) is 5.60 Å². The lowest BCUT2D eigenvalue weighted by Gasteiger charge is -2.38. The highest BCUT2D eigenvalue weighted by Crippen LogP contribution is 2.51. The van der Waals surface area contributed by atoms with Gasteiger partial charge in [0.15, 0.2) is 0 Å². The zero-order chi connectivity index (χ0) is 17.3. The Kier molecular flexibility index (Phi) is 5.65. The Bertz CT molecular complexity index is 414. The number of amides is 1. The molecule has 4 heteroatoms. The van der Waals surface area contributed by atoms with Crippen LogP contribution in [0.3, 0.4) is 0 Å². The molecule has 1 amide bonds. The maximum absolute atomic E-state index is 12.5. The lowest BCUT2D eigenvalue weighted by Crippen LogP contribution is -2.48. The van der Waals surface area contributed by atoms with E-state index in [0.29, 0.717) is 17.5 Å². The van der Waals surface area contributed by atoms with Crippen molar-refractivity contribution in [2.75, 3.05) is 13.1 Å². The summed E-state index contributed by atoms with van der Waals surface area (Å²) in [6, 6.07) is 0.757. The predicted molar refractivity (Wildman–Crippen MR) is 94.5 cm³/mol. The third kappa shape index (κ3) is 5.66. The van der Waals surface area contributed by atoms with Gasteiger partial charge in [0.25, 0.3) is 0 Å². The van der Waals surface area contributed by atoms with Crippen LogP contribution >= 0.6 is 0 Å². The van der Waals surface area contributed by atoms with Crippen molar-refractivity contribution in [3.63, 3.8) is 0 Å². The minimum absolute atomic E-state index is 0.141. The minimum atomic E-state index is -0.416. The highest BCUT2D eigenvalue weighted by atomic mass is 16.6. The van der Waals surface area contributed by atoms with Crippen LogP contribution in [0, 0.1) is 11.3 Å². The van der Waals surface area contributed by atoms with Gasteiger partial charge in [-0.15, -0.1) is 0 Å². The van der Waals surface area contributed by atoms with Gasteiger partial charge in [-0.25, -0.2) is 4.79 Å². The Hall–Kier alpha value is -0.770. The average molecular weight is 325 g/mol. The zero-order valence-electron chi connectivity index (χ0n) is 15.9. The molecule has 0 aromatic rings. The van der Waals surface area contributed by atoms with Crippen LogP contribution in [0.15, 0.2) is 0 Å². The molecule has 1 heterocycles. The third-order valence-electron chi connectivity index (χ3n) is 5.31. The molecule has 0 bridgehead atoms. The van der Waals surface area contributed by atoms with Crippen LogP contribution in [-0.2, 0) is 4.74 Å². The van der Waals surface area contributed by atoms with E-state index in [0.717, 1.165) is 38.3 Å². The van der Waals surface area contributed by atoms with E-state index in [1.54, 1.807) is 0 Å². The molecule has 1 saturated heterocycles. The highest BCUT2D eigenvalue weighted by Gasteiger charge is 2.45. The van der Waals surface area contributed by atoms with Crippen LogP contribution < -0.4 is 5.32 Å². The summed E-state index contributed by atoms with van der Waals surface area (Å²) in [5.41, 5.74) is 0.112. The molecule has 134 valence electrons. The first kappa shape index (κ1) is 18.6. The van der Waals surface area contributed by atoms with Crippen molar-refractivity contribution in [3.05, 3.63) is 0 Å². The van der Waals surface area contributed by atoms with Gasteiger partial charge in [0.2, 0.25) is 0 Å². The molecule has 0 aromatic heterocycles. The second-order valence-electron chi connectivity index (χ2n) is 9.26. The Balaban J connectivity index is 1.81. The summed E-state index contributed by atoms with van der Waals surface area (Å²) in [4.78, 5) is 14.4. The molecule has 2 rings (SSSR count). The molecule has 23 heavy (non-hydrogen) atoms. The van der Waals surface area contributed by atoms with Gasteiger partial charge < -0.3 is 15.0 Å². The molecule has 1 aliphatic heterocycles. The van der Waals surface area contributed by atoms with Crippen LogP contribution in [0.1, 0.15) is 73.6 Å². The SMILES string of the molecule is CC(CC1CCCCN1C(=O)OC(C)(C)C)NCC1CC1(C)C. The highest BCUT2D eigenvalue weighted by molar-refractivity contribution is 5.68. The number of rotatable bonds is 5. The molecule has 3 atom stereocenters. The first-order valence-corrected chi connectivity index (χ1v) is 9.31. The van der Waals surface area contributed by atoms with E-state index in [9.17, 15) is 4.79 Å². The largest absolute Gasteiger partial charge is 0.444 e. The Labute approximate surface area is 142 Å². The number of hydrogen-bond acceptors (Lipinski definition) is 3. The maximum atomic E-state index is 12.5. The van der Waals surface area contributed by atoms with Gasteiger partial charge in [-0.1, -0.05) is 13.8 Å². The number of carbonyl (C=O) groups excluding carboxylic acids is 1. The maximum Gasteiger partial charge on any atom is 0.410 e. The molecule has 4 nitrogen and oxygen atoms in total. The number of piperidine rings is 1. The van der Waals surface area contributed by atoms with E-state index in [1.807, 2.05) is 25.7 Å². The molecule has 3 unspecified atom stereocenters. The number of carbonyl (C=O) groups is 1. The average Bonchev–Trinajstić information content (AvgIpc) is 3.02. The van der Waals surface area contributed by atoms with Crippen LogP contribution in [0.2, 0.25) is 0 Å². The van der Waals surface area contributed by atoms with Crippen molar-refractivity contribution in [1.29, 1.82) is 0 Å². The molecule has 1 N–H and O–H groups in total. The van der Waals surface area contributed by atoms with Gasteiger partial charge >= 0.3 is 6.09 Å². The Morgan fingerprint density at radius 3 is 2.57 bits per heavy atom. The van der Waals surface area contributed by atoms with E-state index in [-0.39, 0.29) is 6.09 Å². The van der Waals surface area contributed by atoms with E-state index in [1.165, 1.54) is 12.8 Å². The number of nitrogens with zero attached hydrogens (tertiary/aromatic N) is 1. The van der Waals surface area contributed by atoms with Crippen molar-refractivity contribution in [1.82, 2.24) is 10.2 Å². The Morgan fingerprint density at radius 2 is 2.00 bits per heavy atom. The first-order valence-electron chi connectivity index (χ1n) is 9.31. The van der Waals surface area contributed by atoms with Gasteiger partial charge in [0.05, 0.1) is 0 Å².